The average molecular weight is 427 g/mol. The number of thiol groups is 2. The third-order valence-corrected chi connectivity index (χ3v) is 3.47. The van der Waals surface area contributed by atoms with E-state index in [1.54, 1.807) is 0 Å². The number of carbonyl (C=O) groups excluding carboxylic acids is 4. The van der Waals surface area contributed by atoms with Crippen LogP contribution in [0, 0.1) is 0 Å². The van der Waals surface area contributed by atoms with Crippen LogP contribution in [-0.2, 0) is 23.9 Å². The number of aliphatic hydroxyl groups excluding tert-OH is 4. The first-order valence-electron chi connectivity index (χ1n) is 7.56. The molecule has 0 unspecified atom stereocenters. The van der Waals surface area contributed by atoms with Crippen LogP contribution in [0.3, 0.4) is 0 Å². The summed E-state index contributed by atoms with van der Waals surface area (Å²) in [5.74, 6) is -1.06. The van der Waals surface area contributed by atoms with Crippen LogP contribution in [0.1, 0.15) is 6.42 Å². The van der Waals surface area contributed by atoms with Gasteiger partial charge >= 0.3 is 0 Å². The number of rotatable bonds is 14. The van der Waals surface area contributed by atoms with Crippen LogP contribution in [0.4, 0.5) is 0 Å². The predicted molar refractivity (Wildman–Crippen MR) is 101 cm³/mol. The van der Waals surface area contributed by atoms with Crippen LogP contribution in [0.2, 0.25) is 0 Å². The highest BCUT2D eigenvalue weighted by Gasteiger charge is 2.52. The van der Waals surface area contributed by atoms with Crippen LogP contribution in [0.15, 0.2) is 12.7 Å². The Bertz CT molecular complexity index is 470. The fourth-order valence-electron chi connectivity index (χ4n) is 2.20. The van der Waals surface area contributed by atoms with E-state index < -0.39 is 56.0 Å². The Morgan fingerprint density at radius 3 is 2.11 bits per heavy atom. The van der Waals surface area contributed by atoms with E-state index in [-0.39, 0.29) is 19.1 Å². The summed E-state index contributed by atoms with van der Waals surface area (Å²) in [6, 6.07) is 0. The minimum absolute atomic E-state index is 0.145. The second-order valence-electron chi connectivity index (χ2n) is 5.09. The zero-order valence-corrected chi connectivity index (χ0v) is 16.2. The molecule has 0 spiro atoms. The quantitative estimate of drug-likeness (QED) is 0.0767. The van der Waals surface area contributed by atoms with E-state index >= 15 is 0 Å². The minimum Gasteiger partial charge on any atom is -0.394 e. The molecule has 12 heteroatoms. The van der Waals surface area contributed by atoms with Gasteiger partial charge in [0.15, 0.2) is 5.60 Å². The Balaban J connectivity index is 0. The molecule has 1 amide bonds. The molecule has 10 nitrogen and oxygen atoms in total. The number of carbonyl (C=O) groups is 4. The lowest BCUT2D eigenvalue weighted by Crippen LogP contribution is -2.63. The number of amides is 1. The van der Waals surface area contributed by atoms with E-state index in [0.29, 0.717) is 6.29 Å². The average Bonchev–Trinajstić information content (AvgIpc) is 2.70. The molecule has 0 heterocycles. The normalized spacial score (nSPS) is 15.8. The van der Waals surface area contributed by atoms with Crippen LogP contribution in [-0.4, -0.2) is 100 Å². The van der Waals surface area contributed by atoms with Crippen molar-refractivity contribution >= 4 is 48.1 Å². The summed E-state index contributed by atoms with van der Waals surface area (Å²) in [6.07, 6.45) is -4.72. The van der Waals surface area contributed by atoms with Gasteiger partial charge in [-0.25, -0.2) is 0 Å². The number of hydrogen-bond acceptors (Lipinski definition) is 11. The molecule has 0 aromatic rings. The van der Waals surface area contributed by atoms with E-state index in [9.17, 15) is 34.5 Å². The topological polar surface area (TPSA) is 162 Å². The Morgan fingerprint density at radius 1 is 1.11 bits per heavy atom. The fraction of sp³-hybridized carbons (Fsp3) is 0.600. The lowest BCUT2D eigenvalue weighted by molar-refractivity contribution is -0.198. The highest BCUT2D eigenvalue weighted by atomic mass is 33.1. The number of nitrogens with zero attached hydrogens (tertiary/aromatic N) is 1. The van der Waals surface area contributed by atoms with Gasteiger partial charge in [0.2, 0.25) is 0 Å². The number of ether oxygens (including phenoxy) is 1. The van der Waals surface area contributed by atoms with Gasteiger partial charge in [-0.2, -0.15) is 0 Å². The van der Waals surface area contributed by atoms with Crippen molar-refractivity contribution in [1.29, 1.82) is 0 Å². The second kappa shape index (κ2) is 15.7. The molecule has 4 atom stereocenters. The van der Waals surface area contributed by atoms with Gasteiger partial charge in [-0.3, -0.25) is 4.79 Å². The van der Waals surface area contributed by atoms with Crippen molar-refractivity contribution in [3.05, 3.63) is 12.7 Å². The first-order chi connectivity index (χ1) is 12.9. The zero-order valence-electron chi connectivity index (χ0n) is 14.5. The van der Waals surface area contributed by atoms with Crippen LogP contribution >= 0.6 is 23.3 Å². The van der Waals surface area contributed by atoms with Gasteiger partial charge in [-0.1, -0.05) is 6.08 Å². The van der Waals surface area contributed by atoms with Gasteiger partial charge in [-0.15, -0.1) is 29.9 Å². The molecule has 0 saturated carbocycles. The van der Waals surface area contributed by atoms with E-state index in [1.165, 1.54) is 6.08 Å². The molecule has 0 aromatic carbocycles. The Kier molecular flexibility index (Phi) is 16.3. The van der Waals surface area contributed by atoms with Gasteiger partial charge in [-0.05, 0) is 0 Å². The van der Waals surface area contributed by atoms with E-state index in [4.69, 9.17) is 9.84 Å². The van der Waals surface area contributed by atoms with Crippen molar-refractivity contribution in [3.8, 4) is 0 Å². The van der Waals surface area contributed by atoms with Gasteiger partial charge in [0.25, 0.3) is 5.91 Å². The fourth-order valence-corrected chi connectivity index (χ4v) is 2.20. The third-order valence-electron chi connectivity index (χ3n) is 3.47. The standard InChI is InChI=1S/C15H23NO9.H2S2/c1-2-4-16(5-7-18)14(24)15(3-6-17,25-9-8-19)13(23)12(22)11(21)10-20;1-2/h2,6-8,11-13,20-23H,1,3-5,9-10H2;1-2H/t11-,12-,13+,15-;/m1./s1. The zero-order chi connectivity index (χ0) is 21.5. The highest BCUT2D eigenvalue weighted by Crippen LogP contribution is 2.27. The summed E-state index contributed by atoms with van der Waals surface area (Å²) in [5.41, 5.74) is -2.44. The Morgan fingerprint density at radius 2 is 1.70 bits per heavy atom. The summed E-state index contributed by atoms with van der Waals surface area (Å²) in [7, 11) is 0. The first-order valence-corrected chi connectivity index (χ1v) is 9.16. The smallest absolute Gasteiger partial charge is 0.258 e. The summed E-state index contributed by atoms with van der Waals surface area (Å²) in [5, 5.41) is 38.7. The lowest BCUT2D eigenvalue weighted by atomic mass is 9.85. The van der Waals surface area contributed by atoms with Crippen molar-refractivity contribution in [2.75, 3.05) is 26.3 Å². The predicted octanol–water partition coefficient (Wildman–Crippen LogP) is -2.42. The molecule has 4 N–H and O–H groups in total. The number of aldehydes is 3. The molecule has 0 fully saturated rings. The van der Waals surface area contributed by atoms with Crippen LogP contribution in [0.5, 0.6) is 0 Å². The van der Waals surface area contributed by atoms with Gasteiger partial charge in [0.1, 0.15) is 43.8 Å². The molecule has 0 aliphatic heterocycles. The number of hydrogen-bond donors (Lipinski definition) is 6. The van der Waals surface area contributed by atoms with Crippen molar-refractivity contribution in [2.45, 2.75) is 30.3 Å². The SMILES string of the molecule is C=CCN(CC=O)C(=O)[C@](CC=O)(OCC=O)[C@@H](O)[C@H](O)[C@H](O)CO.SS. The molecule has 0 aliphatic rings. The van der Waals surface area contributed by atoms with E-state index in [2.05, 4.69) is 29.9 Å². The third kappa shape index (κ3) is 8.09. The summed E-state index contributed by atoms with van der Waals surface area (Å²) in [6.45, 7) is 1.19. The largest absolute Gasteiger partial charge is 0.394 e. The molecule has 0 bridgehead atoms. The molecular formula is C15H25NO9S2. The minimum atomic E-state index is -2.44. The molecule has 0 aliphatic carbocycles. The van der Waals surface area contributed by atoms with Gasteiger partial charge in [0.05, 0.1) is 13.2 Å². The van der Waals surface area contributed by atoms with Crippen molar-refractivity contribution in [1.82, 2.24) is 4.90 Å². The molecule has 0 rings (SSSR count). The maximum absolute atomic E-state index is 12.8. The van der Waals surface area contributed by atoms with Crippen molar-refractivity contribution in [2.24, 2.45) is 0 Å². The molecule has 0 saturated heterocycles. The van der Waals surface area contributed by atoms with E-state index in [0.717, 1.165) is 4.90 Å². The van der Waals surface area contributed by atoms with Crippen LogP contribution in [0.25, 0.3) is 0 Å². The van der Waals surface area contributed by atoms with Crippen LogP contribution < -0.4 is 0 Å². The second-order valence-corrected chi connectivity index (χ2v) is 5.09. The Labute approximate surface area is 167 Å². The van der Waals surface area contributed by atoms with Gasteiger partial charge < -0.3 is 44.4 Å². The highest BCUT2D eigenvalue weighted by molar-refractivity contribution is 8.59. The Hall–Kier alpha value is -1.28. The maximum Gasteiger partial charge on any atom is 0.258 e. The van der Waals surface area contributed by atoms with Crippen molar-refractivity contribution < 1.29 is 44.3 Å². The number of aliphatic hydroxyl groups is 4. The van der Waals surface area contributed by atoms with Gasteiger partial charge in [0, 0.05) is 13.0 Å². The lowest BCUT2D eigenvalue weighted by Gasteiger charge is -2.40. The summed E-state index contributed by atoms with van der Waals surface area (Å²) < 4.78 is 5.09. The molecule has 27 heavy (non-hydrogen) atoms. The first kappa shape index (κ1) is 27.9. The van der Waals surface area contributed by atoms with Crippen molar-refractivity contribution in [3.63, 3.8) is 0 Å². The maximum atomic E-state index is 12.8. The monoisotopic (exact) mass is 427 g/mol. The molecule has 0 aromatic heterocycles. The molecular weight excluding hydrogens is 402 g/mol. The van der Waals surface area contributed by atoms with E-state index in [1.807, 2.05) is 0 Å². The summed E-state index contributed by atoms with van der Waals surface area (Å²) >= 11 is 6.44. The summed E-state index contributed by atoms with van der Waals surface area (Å²) in [4.78, 5) is 46.2. The molecule has 156 valence electrons. The molecule has 0 radical (unpaired) electrons.